The summed E-state index contributed by atoms with van der Waals surface area (Å²) < 4.78 is 0. The van der Waals surface area contributed by atoms with Crippen molar-refractivity contribution in [3.8, 4) is 0 Å². The summed E-state index contributed by atoms with van der Waals surface area (Å²) >= 11 is 5.88. The van der Waals surface area contributed by atoms with E-state index in [-0.39, 0.29) is 17.6 Å². The second-order valence-corrected chi connectivity index (χ2v) is 7.64. The van der Waals surface area contributed by atoms with Gasteiger partial charge in [0.2, 0.25) is 5.95 Å². The number of hydrogen-bond donors (Lipinski definition) is 4. The Morgan fingerprint density at radius 2 is 2.07 bits per heavy atom. The normalized spacial score (nSPS) is 17.2. The van der Waals surface area contributed by atoms with Gasteiger partial charge in [0.05, 0.1) is 11.6 Å². The first-order chi connectivity index (χ1) is 13.3. The lowest BCUT2D eigenvalue weighted by Crippen LogP contribution is -2.42. The number of nitrogens with two attached hydrogens (primary N) is 1. The van der Waals surface area contributed by atoms with Crippen LogP contribution in [0.5, 0.6) is 0 Å². The maximum atomic E-state index is 12.2. The molecule has 1 saturated heterocycles. The van der Waals surface area contributed by atoms with Gasteiger partial charge in [0.25, 0.3) is 0 Å². The third kappa shape index (κ3) is 4.45. The monoisotopic (exact) mass is 401 g/mol. The predicted octanol–water partition coefficient (Wildman–Crippen LogP) is 3.15. The molecule has 1 aromatic heterocycles. The molecule has 3 rings (SSSR count). The lowest BCUT2D eigenvalue weighted by atomic mass is 10.1. The van der Waals surface area contributed by atoms with E-state index in [9.17, 15) is 4.79 Å². The van der Waals surface area contributed by atoms with Gasteiger partial charge < -0.3 is 21.7 Å². The van der Waals surface area contributed by atoms with Crippen molar-refractivity contribution < 1.29 is 4.79 Å². The largest absolute Gasteiger partial charge is 0.399 e. The number of halogens is 1. The molecule has 0 spiro atoms. The van der Waals surface area contributed by atoms with Crippen LogP contribution >= 0.6 is 11.6 Å². The van der Waals surface area contributed by atoms with E-state index >= 15 is 0 Å². The minimum atomic E-state index is -0.365. The number of nitrogens with zero attached hydrogens (tertiary/aromatic N) is 3. The van der Waals surface area contributed by atoms with E-state index in [2.05, 4.69) is 25.9 Å². The summed E-state index contributed by atoms with van der Waals surface area (Å²) in [5.74, 6) is 0.926. The first kappa shape index (κ1) is 19.8. The number of urea groups is 1. The topological polar surface area (TPSA) is 108 Å². The third-order valence-electron chi connectivity index (χ3n) is 4.45. The number of nitrogens with one attached hydrogen (secondary N) is 3. The van der Waals surface area contributed by atoms with Crippen molar-refractivity contribution in [1.29, 1.82) is 0 Å². The predicted molar refractivity (Wildman–Crippen MR) is 112 cm³/mol. The van der Waals surface area contributed by atoms with Gasteiger partial charge in [-0.2, -0.15) is 4.98 Å². The van der Waals surface area contributed by atoms with Crippen LogP contribution in [0.25, 0.3) is 0 Å². The van der Waals surface area contributed by atoms with E-state index in [1.54, 1.807) is 35.5 Å². The number of rotatable bonds is 6. The van der Waals surface area contributed by atoms with Crippen LogP contribution in [0.4, 0.5) is 22.2 Å². The average molecular weight is 402 g/mol. The first-order valence-corrected chi connectivity index (χ1v) is 9.29. The van der Waals surface area contributed by atoms with Gasteiger partial charge in [0, 0.05) is 35.3 Å². The molecule has 1 aromatic carbocycles. The summed E-state index contributed by atoms with van der Waals surface area (Å²) in [4.78, 5) is 22.5. The van der Waals surface area contributed by atoms with Crippen LogP contribution in [0, 0.1) is 0 Å². The molecule has 2 heterocycles. The second kappa shape index (κ2) is 7.93. The smallest absolute Gasteiger partial charge is 0.323 e. The third-order valence-corrected chi connectivity index (χ3v) is 4.70. The number of carbonyl (C=O) groups excluding carboxylic acids is 1. The fourth-order valence-corrected chi connectivity index (χ4v) is 2.92. The molecule has 2 amide bonds. The Balaban J connectivity index is 1.68. The number of hydrogen-bond acceptors (Lipinski definition) is 6. The van der Waals surface area contributed by atoms with Gasteiger partial charge in [-0.05, 0) is 51.1 Å². The Labute approximate surface area is 169 Å². The zero-order valence-corrected chi connectivity index (χ0v) is 16.8. The molecule has 0 aliphatic carbocycles. The fourth-order valence-electron chi connectivity index (χ4n) is 2.80. The van der Waals surface area contributed by atoms with E-state index in [4.69, 9.17) is 17.3 Å². The van der Waals surface area contributed by atoms with Crippen molar-refractivity contribution in [1.82, 2.24) is 15.3 Å². The van der Waals surface area contributed by atoms with Gasteiger partial charge in [-0.25, -0.2) is 9.78 Å². The van der Waals surface area contributed by atoms with Crippen molar-refractivity contribution >= 4 is 35.1 Å². The highest BCUT2D eigenvalue weighted by molar-refractivity contribution is 6.30. The van der Waals surface area contributed by atoms with Crippen LogP contribution in [-0.2, 0) is 0 Å². The van der Waals surface area contributed by atoms with Crippen molar-refractivity contribution in [2.75, 3.05) is 22.1 Å². The van der Waals surface area contributed by atoms with Crippen LogP contribution in [0.1, 0.15) is 20.8 Å². The van der Waals surface area contributed by atoms with Crippen LogP contribution in [0.15, 0.2) is 48.4 Å². The highest BCUT2D eigenvalue weighted by Crippen LogP contribution is 2.26. The Morgan fingerprint density at radius 1 is 1.36 bits per heavy atom. The molecule has 9 heteroatoms. The Morgan fingerprint density at radius 3 is 2.71 bits per heavy atom. The molecule has 0 bridgehead atoms. The number of carbonyl (C=O) groups is 1. The molecular formula is C19H24ClN7O. The van der Waals surface area contributed by atoms with E-state index in [0.717, 1.165) is 5.69 Å². The van der Waals surface area contributed by atoms with Crippen LogP contribution in [-0.4, -0.2) is 34.1 Å². The van der Waals surface area contributed by atoms with Gasteiger partial charge in [-0.3, -0.25) is 4.90 Å². The Kier molecular flexibility index (Phi) is 5.60. The molecule has 0 saturated carbocycles. The van der Waals surface area contributed by atoms with E-state index in [1.165, 1.54) is 0 Å². The number of aromatic nitrogens is 2. The molecule has 1 aliphatic rings. The molecule has 2 aromatic rings. The van der Waals surface area contributed by atoms with Crippen molar-refractivity contribution in [2.24, 2.45) is 5.73 Å². The van der Waals surface area contributed by atoms with E-state index in [1.807, 2.05) is 32.9 Å². The summed E-state index contributed by atoms with van der Waals surface area (Å²) in [6.45, 7) is 6.41. The minimum Gasteiger partial charge on any atom is -0.399 e. The van der Waals surface area contributed by atoms with Gasteiger partial charge >= 0.3 is 6.03 Å². The second-order valence-electron chi connectivity index (χ2n) is 7.21. The van der Waals surface area contributed by atoms with E-state index < -0.39 is 0 Å². The number of anilines is 3. The number of amides is 2. The maximum absolute atomic E-state index is 12.2. The van der Waals surface area contributed by atoms with Crippen LogP contribution in [0.3, 0.4) is 0 Å². The van der Waals surface area contributed by atoms with Gasteiger partial charge in [0.15, 0.2) is 0 Å². The Hall–Kier alpha value is -3.00. The summed E-state index contributed by atoms with van der Waals surface area (Å²) in [7, 11) is 0. The molecule has 1 unspecified atom stereocenters. The molecule has 5 N–H and O–H groups in total. The van der Waals surface area contributed by atoms with Crippen LogP contribution < -0.4 is 26.6 Å². The first-order valence-electron chi connectivity index (χ1n) is 8.91. The maximum Gasteiger partial charge on any atom is 0.323 e. The average Bonchev–Trinajstić information content (AvgIpc) is 2.93. The molecular weight excluding hydrogens is 378 g/mol. The molecule has 0 radical (unpaired) electrons. The lowest BCUT2D eigenvalue weighted by molar-refractivity contribution is 0.251. The minimum absolute atomic E-state index is 0.172. The molecule has 28 heavy (non-hydrogen) atoms. The van der Waals surface area contributed by atoms with E-state index in [0.29, 0.717) is 29.0 Å². The zero-order valence-electron chi connectivity index (χ0n) is 16.0. The molecule has 1 atom stereocenters. The standard InChI is InChI=1S/C19H24ClN7O/c1-12(15(21)10-23-14-6-4-13(20)5-7-14)25-17-22-9-8-16(26-17)27-18(28)24-11-19(27,2)3/h4-10,12,23H,11,21H2,1-3H3,(H,24,28)(H,22,25,26)/b15-10-. The van der Waals surface area contributed by atoms with Crippen molar-refractivity contribution in [2.45, 2.75) is 32.4 Å². The van der Waals surface area contributed by atoms with Crippen molar-refractivity contribution in [3.63, 3.8) is 0 Å². The summed E-state index contributed by atoms with van der Waals surface area (Å²) in [5.41, 5.74) is 7.23. The van der Waals surface area contributed by atoms with Gasteiger partial charge in [-0.15, -0.1) is 0 Å². The van der Waals surface area contributed by atoms with Gasteiger partial charge in [0.1, 0.15) is 5.82 Å². The molecule has 1 aliphatic heterocycles. The molecule has 1 fully saturated rings. The van der Waals surface area contributed by atoms with Gasteiger partial charge in [-0.1, -0.05) is 11.6 Å². The lowest BCUT2D eigenvalue weighted by Gasteiger charge is -2.28. The Bertz CT molecular complexity index is 882. The highest BCUT2D eigenvalue weighted by atomic mass is 35.5. The molecule has 148 valence electrons. The SMILES string of the molecule is CC(Nc1nccc(N2C(=O)NCC2(C)C)n1)/C(N)=C/Nc1ccc(Cl)cc1. The van der Waals surface area contributed by atoms with Crippen LogP contribution in [0.2, 0.25) is 5.02 Å². The molecule has 8 nitrogen and oxygen atoms in total. The summed E-state index contributed by atoms with van der Waals surface area (Å²) in [6, 6.07) is 8.63. The highest BCUT2D eigenvalue weighted by Gasteiger charge is 2.39. The quantitative estimate of drug-likeness (QED) is 0.592. The summed E-state index contributed by atoms with van der Waals surface area (Å²) in [5, 5.41) is 9.79. The number of benzene rings is 1. The fraction of sp³-hybridized carbons (Fsp3) is 0.316. The summed E-state index contributed by atoms with van der Waals surface area (Å²) in [6.07, 6.45) is 3.33. The zero-order chi connectivity index (χ0) is 20.3. The van der Waals surface area contributed by atoms with Crippen molar-refractivity contribution in [3.05, 3.63) is 53.4 Å².